The van der Waals surface area contributed by atoms with Crippen molar-refractivity contribution in [3.8, 4) is 11.5 Å². The van der Waals surface area contributed by atoms with E-state index in [2.05, 4.69) is 0 Å². The fraction of sp³-hybridized carbons (Fsp3) is 0.409. The Kier molecular flexibility index (Phi) is 8.41. The van der Waals surface area contributed by atoms with Crippen molar-refractivity contribution in [2.24, 2.45) is 0 Å². The molecule has 0 atom stereocenters. The number of methoxy groups -OCH3 is 1. The summed E-state index contributed by atoms with van der Waals surface area (Å²) in [6, 6.07) is 10.4. The lowest BCUT2D eigenvalue weighted by Crippen LogP contribution is -2.36. The van der Waals surface area contributed by atoms with E-state index in [-0.39, 0.29) is 29.5 Å². The molecule has 0 spiro atoms. The predicted octanol–water partition coefficient (Wildman–Crippen LogP) is 3.16. The van der Waals surface area contributed by atoms with E-state index >= 15 is 0 Å². The highest BCUT2D eigenvalue weighted by Gasteiger charge is 2.22. The summed E-state index contributed by atoms with van der Waals surface area (Å²) in [6.07, 6.45) is 0. The maximum atomic E-state index is 13.6. The highest BCUT2D eigenvalue weighted by Crippen LogP contribution is 2.30. The number of halogens is 1. The molecule has 9 heteroatoms. The normalized spacial score (nSPS) is 11.6. The highest BCUT2D eigenvalue weighted by atomic mass is 32.2. The molecule has 0 heterocycles. The maximum Gasteiger partial charge on any atom is 0.311 e. The molecule has 31 heavy (non-hydrogen) atoms. The van der Waals surface area contributed by atoms with Crippen LogP contribution in [0.4, 0.5) is 4.39 Å². The van der Waals surface area contributed by atoms with E-state index < -0.39 is 21.2 Å². The van der Waals surface area contributed by atoms with Crippen LogP contribution in [0.2, 0.25) is 0 Å². The maximum absolute atomic E-state index is 13.6. The number of ether oxygens (including phenoxy) is 1. The van der Waals surface area contributed by atoms with E-state index in [1.165, 1.54) is 39.2 Å². The Morgan fingerprint density at radius 3 is 2.35 bits per heavy atom. The van der Waals surface area contributed by atoms with Crippen LogP contribution in [-0.4, -0.2) is 63.7 Å². The second-order valence-electron chi connectivity index (χ2n) is 7.65. The van der Waals surface area contributed by atoms with Crippen LogP contribution in [-0.2, 0) is 16.7 Å². The van der Waals surface area contributed by atoms with Crippen LogP contribution < -0.4 is 8.92 Å². The molecule has 0 aliphatic carbocycles. The van der Waals surface area contributed by atoms with Crippen molar-refractivity contribution >= 4 is 16.0 Å². The first-order chi connectivity index (χ1) is 14.5. The number of hydrogen-bond acceptors (Lipinski definition) is 6. The molecule has 0 fully saturated rings. The number of hydrogen-bond donors (Lipinski definition) is 0. The first-order valence-corrected chi connectivity index (χ1v) is 11.3. The fourth-order valence-corrected chi connectivity index (χ4v) is 3.28. The third kappa shape index (κ3) is 6.93. The zero-order valence-electron chi connectivity index (χ0n) is 18.5. The minimum absolute atomic E-state index is 0.0551. The smallest absolute Gasteiger partial charge is 0.311 e. The molecule has 0 aliphatic rings. The molecule has 0 aliphatic heterocycles. The van der Waals surface area contributed by atoms with Crippen LogP contribution in [0.5, 0.6) is 11.5 Å². The van der Waals surface area contributed by atoms with Crippen LogP contribution in [0.1, 0.15) is 29.8 Å². The molecule has 7 nitrogen and oxygen atoms in total. The summed E-state index contributed by atoms with van der Waals surface area (Å²) in [6.45, 7) is 4.22. The summed E-state index contributed by atoms with van der Waals surface area (Å²) >= 11 is 0. The minimum atomic E-state index is -3.82. The van der Waals surface area contributed by atoms with E-state index in [4.69, 9.17) is 8.92 Å². The minimum Gasteiger partial charge on any atom is -0.493 e. The number of amides is 1. The van der Waals surface area contributed by atoms with Crippen molar-refractivity contribution in [2.75, 3.05) is 34.3 Å². The molecule has 0 bridgehead atoms. The highest BCUT2D eigenvalue weighted by molar-refractivity contribution is 7.87. The summed E-state index contributed by atoms with van der Waals surface area (Å²) < 4.78 is 48.5. The van der Waals surface area contributed by atoms with Gasteiger partial charge in [0.1, 0.15) is 5.82 Å². The SMILES string of the molecule is COc1ccc(CN(CCN(C)C)C(=O)c2cccc(F)c2)cc1OS(=O)(=O)C(C)C. The van der Waals surface area contributed by atoms with Gasteiger partial charge in [-0.15, -0.1) is 0 Å². The summed E-state index contributed by atoms with van der Waals surface area (Å²) in [5, 5.41) is -0.730. The van der Waals surface area contributed by atoms with Gasteiger partial charge < -0.3 is 18.7 Å². The van der Waals surface area contributed by atoms with Gasteiger partial charge in [0, 0.05) is 25.2 Å². The average Bonchev–Trinajstić information content (AvgIpc) is 2.70. The molecule has 0 radical (unpaired) electrons. The molecule has 0 unspecified atom stereocenters. The Labute approximate surface area is 183 Å². The predicted molar refractivity (Wildman–Crippen MR) is 117 cm³/mol. The number of likely N-dealkylation sites (N-methyl/N-ethyl adjacent to an activating group) is 1. The van der Waals surface area contributed by atoms with Crippen LogP contribution >= 0.6 is 0 Å². The monoisotopic (exact) mass is 452 g/mol. The Bertz CT molecular complexity index is 1010. The number of rotatable bonds is 10. The Morgan fingerprint density at radius 1 is 1.06 bits per heavy atom. The Morgan fingerprint density at radius 2 is 1.77 bits per heavy atom. The van der Waals surface area contributed by atoms with E-state index in [0.29, 0.717) is 18.7 Å². The van der Waals surface area contributed by atoms with Gasteiger partial charge in [0.05, 0.1) is 12.4 Å². The van der Waals surface area contributed by atoms with Crippen molar-refractivity contribution in [1.29, 1.82) is 0 Å². The number of nitrogens with zero attached hydrogens (tertiary/aromatic N) is 2. The van der Waals surface area contributed by atoms with Crippen LogP contribution in [0.3, 0.4) is 0 Å². The summed E-state index contributed by atoms with van der Waals surface area (Å²) in [7, 11) is 1.37. The molecule has 1 amide bonds. The van der Waals surface area contributed by atoms with Crippen molar-refractivity contribution in [1.82, 2.24) is 9.80 Å². The van der Waals surface area contributed by atoms with Gasteiger partial charge in [-0.05, 0) is 63.8 Å². The third-order valence-electron chi connectivity index (χ3n) is 4.56. The number of benzene rings is 2. The van der Waals surface area contributed by atoms with Crippen LogP contribution in [0.25, 0.3) is 0 Å². The molecule has 0 saturated carbocycles. The molecular formula is C22H29FN2O5S. The number of carbonyl (C=O) groups is 1. The van der Waals surface area contributed by atoms with Gasteiger partial charge in [-0.1, -0.05) is 12.1 Å². The molecule has 2 aromatic carbocycles. The summed E-state index contributed by atoms with van der Waals surface area (Å²) in [5.41, 5.74) is 0.893. The van der Waals surface area contributed by atoms with E-state index in [0.717, 1.165) is 0 Å². The standard InChI is InChI=1S/C22H29FN2O5S/c1-16(2)31(27,28)30-21-13-17(9-10-20(21)29-5)15-25(12-11-24(3)4)22(26)18-7-6-8-19(23)14-18/h6-10,13-14,16H,11-12,15H2,1-5H3. The Hall–Kier alpha value is -2.65. The zero-order valence-corrected chi connectivity index (χ0v) is 19.3. The number of carbonyl (C=O) groups excluding carboxylic acids is 1. The molecular weight excluding hydrogens is 423 g/mol. The third-order valence-corrected chi connectivity index (χ3v) is 6.13. The molecule has 170 valence electrons. The average molecular weight is 453 g/mol. The summed E-state index contributed by atoms with van der Waals surface area (Å²) in [5.74, 6) is -0.490. The topological polar surface area (TPSA) is 76.2 Å². The quantitative estimate of drug-likeness (QED) is 0.516. The second kappa shape index (κ2) is 10.6. The lowest BCUT2D eigenvalue weighted by molar-refractivity contribution is 0.0731. The van der Waals surface area contributed by atoms with Crippen molar-refractivity contribution in [3.63, 3.8) is 0 Å². The van der Waals surface area contributed by atoms with Crippen LogP contribution in [0.15, 0.2) is 42.5 Å². The first kappa shape index (κ1) is 24.6. The van der Waals surface area contributed by atoms with Gasteiger partial charge in [-0.3, -0.25) is 4.79 Å². The molecule has 2 rings (SSSR count). The van der Waals surface area contributed by atoms with E-state index in [1.807, 2.05) is 19.0 Å². The molecule has 0 N–H and O–H groups in total. The lowest BCUT2D eigenvalue weighted by atomic mass is 10.1. The van der Waals surface area contributed by atoms with E-state index in [9.17, 15) is 17.6 Å². The van der Waals surface area contributed by atoms with Gasteiger partial charge in [0.2, 0.25) is 0 Å². The van der Waals surface area contributed by atoms with Gasteiger partial charge in [0.25, 0.3) is 5.91 Å². The lowest BCUT2D eigenvalue weighted by Gasteiger charge is -2.25. The largest absolute Gasteiger partial charge is 0.493 e. The van der Waals surface area contributed by atoms with Gasteiger partial charge in [0.15, 0.2) is 11.5 Å². The fourth-order valence-electron chi connectivity index (χ4n) is 2.70. The first-order valence-electron chi connectivity index (χ1n) is 9.83. The molecule has 0 saturated heterocycles. The van der Waals surface area contributed by atoms with Gasteiger partial charge in [-0.25, -0.2) is 4.39 Å². The zero-order chi connectivity index (χ0) is 23.2. The van der Waals surface area contributed by atoms with Crippen molar-refractivity contribution in [3.05, 3.63) is 59.4 Å². The van der Waals surface area contributed by atoms with Crippen molar-refractivity contribution in [2.45, 2.75) is 25.6 Å². The van der Waals surface area contributed by atoms with Crippen LogP contribution in [0, 0.1) is 5.82 Å². The van der Waals surface area contributed by atoms with E-state index in [1.54, 1.807) is 29.2 Å². The van der Waals surface area contributed by atoms with Gasteiger partial charge in [-0.2, -0.15) is 8.42 Å². The van der Waals surface area contributed by atoms with Gasteiger partial charge >= 0.3 is 10.1 Å². The summed E-state index contributed by atoms with van der Waals surface area (Å²) in [4.78, 5) is 16.5. The molecule has 0 aromatic heterocycles. The second-order valence-corrected chi connectivity index (χ2v) is 9.75. The molecule has 2 aromatic rings. The Balaban J connectivity index is 2.34. The van der Waals surface area contributed by atoms with Crippen molar-refractivity contribution < 1.29 is 26.5 Å².